The van der Waals surface area contributed by atoms with E-state index >= 15 is 0 Å². The fourth-order valence-electron chi connectivity index (χ4n) is 1.56. The highest BCUT2D eigenvalue weighted by Crippen LogP contribution is 2.15. The van der Waals surface area contributed by atoms with Gasteiger partial charge in [-0.2, -0.15) is 0 Å². The normalized spacial score (nSPS) is 10.6. The molecule has 0 bridgehead atoms. The van der Waals surface area contributed by atoms with Gasteiger partial charge >= 0.3 is 0 Å². The zero-order valence-corrected chi connectivity index (χ0v) is 10.3. The summed E-state index contributed by atoms with van der Waals surface area (Å²) >= 11 is 1.85. The predicted octanol–water partition coefficient (Wildman–Crippen LogP) is 3.82. The molecular formula is C14H16OS. The molecule has 1 aromatic carbocycles. The molecule has 0 saturated carbocycles. The Labute approximate surface area is 101 Å². The van der Waals surface area contributed by atoms with Crippen LogP contribution < -0.4 is 0 Å². The molecule has 0 N–H and O–H groups in total. The van der Waals surface area contributed by atoms with Gasteiger partial charge in [-0.3, -0.25) is 0 Å². The molecule has 1 nitrogen and oxygen atoms in total. The lowest BCUT2D eigenvalue weighted by atomic mass is 10.2. The van der Waals surface area contributed by atoms with Crippen molar-refractivity contribution in [2.24, 2.45) is 0 Å². The maximum absolute atomic E-state index is 5.64. The zero-order chi connectivity index (χ0) is 11.2. The minimum Gasteiger partial charge on any atom is -0.376 e. The van der Waals surface area contributed by atoms with E-state index in [1.807, 2.05) is 29.5 Å². The summed E-state index contributed by atoms with van der Waals surface area (Å²) in [4.78, 5) is 2.78. The first kappa shape index (κ1) is 11.4. The molecule has 2 heteroatoms. The number of thiophene rings is 1. The van der Waals surface area contributed by atoms with Crippen molar-refractivity contribution in [3.8, 4) is 0 Å². The van der Waals surface area contributed by atoms with Gasteiger partial charge in [0.15, 0.2) is 0 Å². The van der Waals surface area contributed by atoms with Crippen molar-refractivity contribution in [1.82, 2.24) is 0 Å². The molecule has 0 fully saturated rings. The van der Waals surface area contributed by atoms with Crippen LogP contribution >= 0.6 is 11.3 Å². The van der Waals surface area contributed by atoms with Gasteiger partial charge < -0.3 is 4.74 Å². The Morgan fingerprint density at radius 1 is 1.06 bits per heavy atom. The molecule has 0 amide bonds. The van der Waals surface area contributed by atoms with Gasteiger partial charge in [-0.15, -0.1) is 11.3 Å². The van der Waals surface area contributed by atoms with E-state index in [1.54, 1.807) is 0 Å². The van der Waals surface area contributed by atoms with Crippen molar-refractivity contribution in [2.75, 3.05) is 6.61 Å². The molecule has 2 aromatic rings. The predicted molar refractivity (Wildman–Crippen MR) is 68.9 cm³/mol. The fourth-order valence-corrected chi connectivity index (χ4v) is 2.43. The second-order valence-electron chi connectivity index (χ2n) is 3.80. The number of rotatable bonds is 5. The van der Waals surface area contributed by atoms with Gasteiger partial charge in [0.05, 0.1) is 13.2 Å². The summed E-state index contributed by atoms with van der Waals surface area (Å²) < 4.78 is 5.64. The zero-order valence-electron chi connectivity index (χ0n) is 9.48. The molecule has 84 valence electrons. The quantitative estimate of drug-likeness (QED) is 0.712. The van der Waals surface area contributed by atoms with E-state index in [9.17, 15) is 0 Å². The maximum atomic E-state index is 5.64. The monoisotopic (exact) mass is 232 g/mol. The minimum atomic E-state index is 0.713. The van der Waals surface area contributed by atoms with E-state index in [2.05, 4.69) is 31.2 Å². The topological polar surface area (TPSA) is 9.23 Å². The van der Waals surface area contributed by atoms with Crippen LogP contribution in [0.1, 0.15) is 15.3 Å². The Hall–Kier alpha value is -1.12. The van der Waals surface area contributed by atoms with Gasteiger partial charge in [0, 0.05) is 16.2 Å². The van der Waals surface area contributed by atoms with Gasteiger partial charge in [0.2, 0.25) is 0 Å². The highest BCUT2D eigenvalue weighted by Gasteiger charge is 1.97. The van der Waals surface area contributed by atoms with Crippen molar-refractivity contribution in [3.05, 3.63) is 57.8 Å². The molecule has 0 aliphatic carbocycles. The number of hydrogen-bond acceptors (Lipinski definition) is 2. The van der Waals surface area contributed by atoms with Gasteiger partial charge in [0.1, 0.15) is 0 Å². The highest BCUT2D eigenvalue weighted by molar-refractivity contribution is 7.11. The Morgan fingerprint density at radius 3 is 2.56 bits per heavy atom. The third-order valence-electron chi connectivity index (χ3n) is 2.40. The average Bonchev–Trinajstić information content (AvgIpc) is 2.72. The number of hydrogen-bond donors (Lipinski definition) is 0. The van der Waals surface area contributed by atoms with Crippen LogP contribution in [0.3, 0.4) is 0 Å². The summed E-state index contributed by atoms with van der Waals surface area (Å²) in [6, 6.07) is 14.6. The van der Waals surface area contributed by atoms with Crippen LogP contribution in [0.4, 0.5) is 0 Å². The van der Waals surface area contributed by atoms with Crippen LogP contribution in [0, 0.1) is 6.92 Å². The van der Waals surface area contributed by atoms with Crippen LogP contribution in [0.2, 0.25) is 0 Å². The minimum absolute atomic E-state index is 0.713. The first-order valence-corrected chi connectivity index (χ1v) is 6.33. The van der Waals surface area contributed by atoms with E-state index in [1.165, 1.54) is 15.3 Å². The molecule has 1 heterocycles. The van der Waals surface area contributed by atoms with Crippen LogP contribution in [0.25, 0.3) is 0 Å². The summed E-state index contributed by atoms with van der Waals surface area (Å²) in [5.41, 5.74) is 1.24. The fraction of sp³-hybridized carbons (Fsp3) is 0.286. The lowest BCUT2D eigenvalue weighted by Crippen LogP contribution is -1.97. The molecular weight excluding hydrogens is 216 g/mol. The van der Waals surface area contributed by atoms with Crippen molar-refractivity contribution >= 4 is 11.3 Å². The second kappa shape index (κ2) is 5.83. The average molecular weight is 232 g/mol. The molecule has 0 aliphatic rings. The van der Waals surface area contributed by atoms with Gasteiger partial charge in [-0.1, -0.05) is 30.3 Å². The Bertz CT molecular complexity index is 419. The molecule has 0 radical (unpaired) electrons. The van der Waals surface area contributed by atoms with E-state index in [4.69, 9.17) is 4.74 Å². The standard InChI is InChI=1S/C14H16OS/c1-12-7-8-14(16-12)9-10-15-11-13-5-3-2-4-6-13/h2-8H,9-11H2,1H3. The molecule has 0 aliphatic heterocycles. The number of benzene rings is 1. The van der Waals surface area contributed by atoms with E-state index in [0.29, 0.717) is 6.61 Å². The van der Waals surface area contributed by atoms with Gasteiger partial charge in [-0.05, 0) is 24.6 Å². The maximum Gasteiger partial charge on any atom is 0.0717 e. The molecule has 0 spiro atoms. The third kappa shape index (κ3) is 3.47. The van der Waals surface area contributed by atoms with Crippen LogP contribution in [-0.2, 0) is 17.8 Å². The molecule has 0 saturated heterocycles. The summed E-state index contributed by atoms with van der Waals surface area (Å²) in [6.07, 6.45) is 1.02. The summed E-state index contributed by atoms with van der Waals surface area (Å²) in [5.74, 6) is 0. The lowest BCUT2D eigenvalue weighted by molar-refractivity contribution is 0.124. The molecule has 1 aromatic heterocycles. The van der Waals surface area contributed by atoms with Crippen LogP contribution in [0.15, 0.2) is 42.5 Å². The second-order valence-corrected chi connectivity index (χ2v) is 5.17. The Balaban J connectivity index is 1.69. The molecule has 16 heavy (non-hydrogen) atoms. The smallest absolute Gasteiger partial charge is 0.0717 e. The van der Waals surface area contributed by atoms with Crippen molar-refractivity contribution in [3.63, 3.8) is 0 Å². The van der Waals surface area contributed by atoms with Crippen molar-refractivity contribution < 1.29 is 4.74 Å². The third-order valence-corrected chi connectivity index (χ3v) is 3.46. The first-order valence-electron chi connectivity index (χ1n) is 5.51. The van der Waals surface area contributed by atoms with Gasteiger partial charge in [0.25, 0.3) is 0 Å². The largest absolute Gasteiger partial charge is 0.376 e. The SMILES string of the molecule is Cc1ccc(CCOCc2ccccc2)s1. The Kier molecular flexibility index (Phi) is 4.14. The van der Waals surface area contributed by atoms with Gasteiger partial charge in [-0.25, -0.2) is 0 Å². The first-order chi connectivity index (χ1) is 7.84. The Morgan fingerprint density at radius 2 is 1.88 bits per heavy atom. The molecule has 0 atom stereocenters. The summed E-state index contributed by atoms with van der Waals surface area (Å²) in [5, 5.41) is 0. The van der Waals surface area contributed by atoms with E-state index < -0.39 is 0 Å². The molecule has 0 unspecified atom stereocenters. The van der Waals surface area contributed by atoms with E-state index in [0.717, 1.165) is 13.0 Å². The van der Waals surface area contributed by atoms with Crippen LogP contribution in [0.5, 0.6) is 0 Å². The number of ether oxygens (including phenoxy) is 1. The number of aryl methyl sites for hydroxylation is 1. The summed E-state index contributed by atoms with van der Waals surface area (Å²) in [7, 11) is 0. The van der Waals surface area contributed by atoms with Crippen molar-refractivity contribution in [2.45, 2.75) is 20.0 Å². The van der Waals surface area contributed by atoms with Crippen LogP contribution in [-0.4, -0.2) is 6.61 Å². The van der Waals surface area contributed by atoms with E-state index in [-0.39, 0.29) is 0 Å². The highest BCUT2D eigenvalue weighted by atomic mass is 32.1. The summed E-state index contributed by atoms with van der Waals surface area (Å²) in [6.45, 7) is 3.65. The lowest BCUT2D eigenvalue weighted by Gasteiger charge is -2.02. The van der Waals surface area contributed by atoms with Crippen molar-refractivity contribution in [1.29, 1.82) is 0 Å². The molecule has 2 rings (SSSR count).